The summed E-state index contributed by atoms with van der Waals surface area (Å²) in [5.41, 5.74) is 14.5. The van der Waals surface area contributed by atoms with Gasteiger partial charge in [-0.05, 0) is 195 Å². The number of hydrogen-bond donors (Lipinski definition) is 0. The summed E-state index contributed by atoms with van der Waals surface area (Å²) in [6.07, 6.45) is 0. The maximum absolute atomic E-state index is 2.43. The number of anilines is 6. The zero-order valence-corrected chi connectivity index (χ0v) is 42.0. The Morgan fingerprint density at radius 1 is 0.250 bits per heavy atom. The van der Waals surface area contributed by atoms with Gasteiger partial charge >= 0.3 is 0 Å². The number of fused-ring (bicyclic) bond motifs is 7. The van der Waals surface area contributed by atoms with E-state index in [1.165, 1.54) is 87.2 Å². The van der Waals surface area contributed by atoms with Crippen molar-refractivity contribution in [3.05, 3.63) is 254 Å². The predicted molar refractivity (Wildman–Crippen MR) is 312 cm³/mol. The molecule has 0 bridgehead atoms. The largest absolute Gasteiger partial charge is 0.310 e. The first kappa shape index (κ1) is 44.7. The van der Waals surface area contributed by atoms with Gasteiger partial charge in [0.15, 0.2) is 0 Å². The van der Waals surface area contributed by atoms with Crippen LogP contribution in [-0.4, -0.2) is 0 Å². The molecule has 0 unspecified atom stereocenters. The van der Waals surface area contributed by atoms with Crippen molar-refractivity contribution in [2.75, 3.05) is 9.80 Å². The van der Waals surface area contributed by atoms with Gasteiger partial charge in [0, 0.05) is 34.1 Å². The number of hydrogen-bond acceptors (Lipinski definition) is 2. The topological polar surface area (TPSA) is 6.48 Å². The lowest BCUT2D eigenvalue weighted by Crippen LogP contribution is -2.13. The van der Waals surface area contributed by atoms with Gasteiger partial charge in [0.2, 0.25) is 0 Å². The fourth-order valence-electron chi connectivity index (χ4n) is 10.8. The van der Waals surface area contributed by atoms with E-state index >= 15 is 0 Å². The molecule has 0 fully saturated rings. The molecule has 12 aromatic carbocycles. The average Bonchev–Trinajstić information content (AvgIpc) is 3.40. The minimum atomic E-state index is 0.0831. The van der Waals surface area contributed by atoms with Crippen molar-refractivity contribution in [2.24, 2.45) is 0 Å². The van der Waals surface area contributed by atoms with E-state index in [2.05, 4.69) is 294 Å². The monoisotopic (exact) mass is 926 g/mol. The van der Waals surface area contributed by atoms with Crippen LogP contribution >= 0.6 is 0 Å². The molecular formula is C70H58N2. The average molecular weight is 927 g/mol. The molecular weight excluding hydrogens is 869 g/mol. The van der Waals surface area contributed by atoms with Crippen molar-refractivity contribution in [2.45, 2.75) is 52.4 Å². The zero-order chi connectivity index (χ0) is 49.1. The Hall–Kier alpha value is -8.46. The highest BCUT2D eigenvalue weighted by Gasteiger charge is 2.20. The van der Waals surface area contributed by atoms with Crippen molar-refractivity contribution in [3.63, 3.8) is 0 Å². The smallest absolute Gasteiger partial charge is 0.0468 e. The molecule has 0 saturated carbocycles. The molecule has 72 heavy (non-hydrogen) atoms. The summed E-state index contributed by atoms with van der Waals surface area (Å²) in [5.74, 6) is 0. The third kappa shape index (κ3) is 8.23. The van der Waals surface area contributed by atoms with Crippen molar-refractivity contribution in [3.8, 4) is 22.3 Å². The highest BCUT2D eigenvalue weighted by atomic mass is 15.1. The molecule has 0 aliphatic heterocycles. The van der Waals surface area contributed by atoms with E-state index in [1.54, 1.807) is 0 Å². The first-order valence-electron chi connectivity index (χ1n) is 25.3. The van der Waals surface area contributed by atoms with E-state index in [9.17, 15) is 0 Å². The van der Waals surface area contributed by atoms with Gasteiger partial charge in [-0.1, -0.05) is 187 Å². The second-order valence-corrected chi connectivity index (χ2v) is 21.5. The molecule has 0 aliphatic rings. The molecule has 0 saturated heterocycles. The van der Waals surface area contributed by atoms with Gasteiger partial charge in [-0.25, -0.2) is 0 Å². The van der Waals surface area contributed by atoms with Crippen molar-refractivity contribution in [1.82, 2.24) is 0 Å². The third-order valence-corrected chi connectivity index (χ3v) is 14.7. The highest BCUT2D eigenvalue weighted by molar-refractivity contribution is 6.26. The fraction of sp³-hybridized carbons (Fsp3) is 0.114. The molecule has 0 amide bonds. The van der Waals surface area contributed by atoms with Crippen LogP contribution in [0.4, 0.5) is 34.1 Å². The van der Waals surface area contributed by atoms with Gasteiger partial charge in [0.1, 0.15) is 0 Å². The van der Waals surface area contributed by atoms with E-state index in [4.69, 9.17) is 0 Å². The predicted octanol–water partition coefficient (Wildman–Crippen LogP) is 20.3. The Bertz CT molecular complexity index is 3710. The van der Waals surface area contributed by atoms with Crippen LogP contribution in [0.15, 0.2) is 243 Å². The van der Waals surface area contributed by atoms with Crippen LogP contribution < -0.4 is 9.80 Å². The molecule has 12 rings (SSSR count). The maximum Gasteiger partial charge on any atom is 0.0468 e. The first-order valence-corrected chi connectivity index (χ1v) is 25.3. The Balaban J connectivity index is 0.941. The fourth-order valence-corrected chi connectivity index (χ4v) is 10.8. The van der Waals surface area contributed by atoms with Crippen molar-refractivity contribution < 1.29 is 0 Å². The summed E-state index contributed by atoms with van der Waals surface area (Å²) in [6, 6.07) is 90.0. The maximum atomic E-state index is 2.43. The molecule has 2 heteroatoms. The van der Waals surface area contributed by atoms with Gasteiger partial charge in [0.05, 0.1) is 0 Å². The molecule has 0 radical (unpaired) electrons. The molecule has 0 N–H and O–H groups in total. The third-order valence-electron chi connectivity index (χ3n) is 14.7. The normalized spacial score (nSPS) is 12.0. The number of para-hydroxylation sites is 2. The van der Waals surface area contributed by atoms with Gasteiger partial charge in [-0.15, -0.1) is 0 Å². The number of benzene rings is 12. The molecule has 0 aliphatic carbocycles. The Morgan fingerprint density at radius 2 is 0.569 bits per heavy atom. The first-order chi connectivity index (χ1) is 34.9. The standard InChI is InChI=1S/C70H58N2/c1-69(2,3)54-31-37-58(38-32-54)71(56-17-9-7-10-18-56)60-35-29-47-41-51(27-25-49(47)43-60)66-45-53-46-67(63-22-14-16-24-65(63)68(53)64-23-15-13-21-62(64)66)52-28-26-50-44-61(36-30-48(50)42-52)72(57-19-11-8-12-20-57)59-39-33-55(34-40-59)70(4,5)6/h7-46H,1-6H3. The summed E-state index contributed by atoms with van der Waals surface area (Å²) in [4.78, 5) is 4.72. The SMILES string of the molecule is CC(C)(C)c1ccc(N(c2ccccc2)c2ccc3cc(-c4cc5cc(-c6ccc7cc(N(c8ccccc8)c8ccc(C(C)(C)C)cc8)ccc7c6)c6ccccc6c5c5ccccc45)ccc3c2)cc1. The summed E-state index contributed by atoms with van der Waals surface area (Å²) in [6.45, 7) is 13.6. The summed E-state index contributed by atoms with van der Waals surface area (Å²) in [5, 5.41) is 12.4. The molecule has 2 nitrogen and oxygen atoms in total. The minimum Gasteiger partial charge on any atom is -0.310 e. The summed E-state index contributed by atoms with van der Waals surface area (Å²) in [7, 11) is 0. The Morgan fingerprint density at radius 3 is 0.958 bits per heavy atom. The van der Waals surface area contributed by atoms with E-state index in [0.29, 0.717) is 0 Å². The zero-order valence-electron chi connectivity index (χ0n) is 42.0. The molecule has 0 aromatic heterocycles. The van der Waals surface area contributed by atoms with Gasteiger partial charge < -0.3 is 9.80 Å². The second-order valence-electron chi connectivity index (χ2n) is 21.5. The van der Waals surface area contributed by atoms with E-state index in [1.807, 2.05) is 0 Å². The molecule has 348 valence electrons. The van der Waals surface area contributed by atoms with Crippen LogP contribution in [0, 0.1) is 0 Å². The second kappa shape index (κ2) is 17.7. The van der Waals surface area contributed by atoms with Gasteiger partial charge in [-0.2, -0.15) is 0 Å². The van der Waals surface area contributed by atoms with Gasteiger partial charge in [0.25, 0.3) is 0 Å². The van der Waals surface area contributed by atoms with Crippen molar-refractivity contribution in [1.29, 1.82) is 0 Å². The van der Waals surface area contributed by atoms with Crippen LogP contribution in [-0.2, 0) is 10.8 Å². The number of rotatable bonds is 8. The number of nitrogens with zero attached hydrogens (tertiary/aromatic N) is 2. The van der Waals surface area contributed by atoms with E-state index in [-0.39, 0.29) is 10.8 Å². The summed E-state index contributed by atoms with van der Waals surface area (Å²) < 4.78 is 0. The van der Waals surface area contributed by atoms with Crippen LogP contribution in [0.1, 0.15) is 52.7 Å². The van der Waals surface area contributed by atoms with Crippen LogP contribution in [0.5, 0.6) is 0 Å². The van der Waals surface area contributed by atoms with Gasteiger partial charge in [-0.3, -0.25) is 0 Å². The summed E-state index contributed by atoms with van der Waals surface area (Å²) >= 11 is 0. The lowest BCUT2D eigenvalue weighted by atomic mass is 9.87. The van der Waals surface area contributed by atoms with Crippen molar-refractivity contribution >= 4 is 88.0 Å². The highest BCUT2D eigenvalue weighted by Crippen LogP contribution is 2.45. The molecule has 0 atom stereocenters. The molecule has 12 aromatic rings. The lowest BCUT2D eigenvalue weighted by Gasteiger charge is -2.27. The molecule has 0 spiro atoms. The molecule has 0 heterocycles. The van der Waals surface area contributed by atoms with E-state index in [0.717, 1.165) is 34.1 Å². The van der Waals surface area contributed by atoms with E-state index < -0.39 is 0 Å². The quantitative estimate of drug-likeness (QED) is 0.140. The van der Waals surface area contributed by atoms with Crippen LogP contribution in [0.3, 0.4) is 0 Å². The Kier molecular flexibility index (Phi) is 11.0. The Labute approximate surface area is 424 Å². The van der Waals surface area contributed by atoms with Crippen LogP contribution in [0.25, 0.3) is 76.1 Å². The minimum absolute atomic E-state index is 0.0831. The lowest BCUT2D eigenvalue weighted by molar-refractivity contribution is 0.590. The van der Waals surface area contributed by atoms with Crippen LogP contribution in [0.2, 0.25) is 0 Å².